The summed E-state index contributed by atoms with van der Waals surface area (Å²) in [6.45, 7) is 5.76. The molecule has 1 aromatic heterocycles. The maximum atomic E-state index is 11.9. The third kappa shape index (κ3) is 3.53. The van der Waals surface area contributed by atoms with E-state index in [0.717, 1.165) is 12.8 Å². The topological polar surface area (TPSA) is 79.3 Å². The number of carbonyl (C=O) groups is 2. The normalized spacial score (nSPS) is 12.4. The molecule has 0 saturated heterocycles. The van der Waals surface area contributed by atoms with Crippen LogP contribution in [0.5, 0.6) is 0 Å². The highest BCUT2D eigenvalue weighted by Crippen LogP contribution is 2.19. The van der Waals surface area contributed by atoms with E-state index in [0.29, 0.717) is 5.01 Å². The van der Waals surface area contributed by atoms with Gasteiger partial charge in [-0.25, -0.2) is 9.78 Å². The van der Waals surface area contributed by atoms with Gasteiger partial charge in [0.1, 0.15) is 5.01 Å². The fraction of sp³-hybridized carbons (Fsp3) is 0.583. The van der Waals surface area contributed by atoms with Crippen molar-refractivity contribution >= 4 is 23.2 Å². The number of nitrogens with zero attached hydrogens (tertiary/aromatic N) is 1. The van der Waals surface area contributed by atoms with Gasteiger partial charge in [-0.05, 0) is 19.8 Å². The van der Waals surface area contributed by atoms with Crippen LogP contribution in [-0.2, 0) is 4.79 Å². The predicted octanol–water partition coefficient (Wildman–Crippen LogP) is 2.45. The molecule has 2 N–H and O–H groups in total. The summed E-state index contributed by atoms with van der Waals surface area (Å²) >= 11 is 1.25. The van der Waals surface area contributed by atoms with Crippen molar-refractivity contribution in [2.45, 2.75) is 39.7 Å². The largest absolute Gasteiger partial charge is 0.476 e. The van der Waals surface area contributed by atoms with Crippen LogP contribution in [-0.4, -0.2) is 22.0 Å². The Balaban J connectivity index is 2.66. The highest BCUT2D eigenvalue weighted by Gasteiger charge is 2.19. The molecular weight excluding hydrogens is 252 g/mol. The molecule has 0 bridgehead atoms. The molecule has 0 aromatic carbocycles. The molecular formula is C12H18N2O3S. The second-order valence-electron chi connectivity index (χ2n) is 4.12. The van der Waals surface area contributed by atoms with Gasteiger partial charge in [0.15, 0.2) is 5.69 Å². The van der Waals surface area contributed by atoms with Gasteiger partial charge in [-0.2, -0.15) is 0 Å². The van der Waals surface area contributed by atoms with Crippen molar-refractivity contribution in [3.63, 3.8) is 0 Å². The predicted molar refractivity (Wildman–Crippen MR) is 69.7 cm³/mol. The number of hydrogen-bond donors (Lipinski definition) is 2. The second kappa shape index (κ2) is 6.49. The zero-order valence-electron chi connectivity index (χ0n) is 10.8. The van der Waals surface area contributed by atoms with Crippen molar-refractivity contribution in [2.75, 3.05) is 0 Å². The molecule has 0 aliphatic carbocycles. The number of amides is 1. The first-order valence-corrected chi connectivity index (χ1v) is 6.86. The molecule has 0 saturated carbocycles. The zero-order chi connectivity index (χ0) is 13.7. The van der Waals surface area contributed by atoms with Crippen LogP contribution in [0.25, 0.3) is 0 Å². The first-order valence-electron chi connectivity index (χ1n) is 5.98. The number of carbonyl (C=O) groups excluding carboxylic acids is 1. The van der Waals surface area contributed by atoms with E-state index in [1.807, 2.05) is 20.8 Å². The second-order valence-corrected chi connectivity index (χ2v) is 5.01. The maximum Gasteiger partial charge on any atom is 0.355 e. The fourth-order valence-electron chi connectivity index (χ4n) is 1.64. The summed E-state index contributed by atoms with van der Waals surface area (Å²) < 4.78 is 0. The summed E-state index contributed by atoms with van der Waals surface area (Å²) in [7, 11) is 0. The lowest BCUT2D eigenvalue weighted by Crippen LogP contribution is -2.32. The fourth-order valence-corrected chi connectivity index (χ4v) is 2.44. The minimum atomic E-state index is -1.05. The number of nitrogens with one attached hydrogen (secondary N) is 1. The lowest BCUT2D eigenvalue weighted by Gasteiger charge is -2.16. The highest BCUT2D eigenvalue weighted by atomic mass is 32.1. The van der Waals surface area contributed by atoms with Gasteiger partial charge in [-0.15, -0.1) is 11.3 Å². The third-order valence-corrected chi connectivity index (χ3v) is 3.85. The van der Waals surface area contributed by atoms with Crippen LogP contribution < -0.4 is 5.32 Å². The number of rotatable bonds is 6. The molecule has 0 spiro atoms. The maximum absolute atomic E-state index is 11.9. The van der Waals surface area contributed by atoms with Crippen molar-refractivity contribution in [3.05, 3.63) is 16.1 Å². The summed E-state index contributed by atoms with van der Waals surface area (Å²) in [5, 5.41) is 13.8. The number of thiazole rings is 1. The molecule has 5 nitrogen and oxygen atoms in total. The van der Waals surface area contributed by atoms with E-state index >= 15 is 0 Å². The van der Waals surface area contributed by atoms with Crippen molar-refractivity contribution in [1.82, 2.24) is 10.3 Å². The SMILES string of the molecule is CCC(CC)C(=O)NC(C)c1nc(C(=O)O)cs1. The van der Waals surface area contributed by atoms with Crippen molar-refractivity contribution in [1.29, 1.82) is 0 Å². The lowest BCUT2D eigenvalue weighted by molar-refractivity contribution is -0.125. The van der Waals surface area contributed by atoms with Crippen LogP contribution >= 0.6 is 11.3 Å². The molecule has 1 heterocycles. The Morgan fingerprint density at radius 2 is 2.06 bits per heavy atom. The average Bonchev–Trinajstić information content (AvgIpc) is 2.79. The molecule has 1 amide bonds. The van der Waals surface area contributed by atoms with Crippen LogP contribution in [0.15, 0.2) is 5.38 Å². The number of aromatic carboxylic acids is 1. The first-order chi connectivity index (χ1) is 8.49. The monoisotopic (exact) mass is 270 g/mol. The Bertz CT molecular complexity index is 427. The molecule has 0 aliphatic rings. The highest BCUT2D eigenvalue weighted by molar-refractivity contribution is 7.09. The summed E-state index contributed by atoms with van der Waals surface area (Å²) in [6, 6.07) is -0.254. The van der Waals surface area contributed by atoms with Gasteiger partial charge >= 0.3 is 5.97 Å². The standard InChI is InChI=1S/C12H18N2O3S/c1-4-8(5-2)10(15)13-7(3)11-14-9(6-18-11)12(16)17/h6-8H,4-5H2,1-3H3,(H,13,15)(H,16,17). The van der Waals surface area contributed by atoms with Gasteiger partial charge in [0.05, 0.1) is 6.04 Å². The van der Waals surface area contributed by atoms with Gasteiger partial charge in [0, 0.05) is 11.3 Å². The quantitative estimate of drug-likeness (QED) is 0.832. The van der Waals surface area contributed by atoms with E-state index in [2.05, 4.69) is 10.3 Å². The molecule has 0 fully saturated rings. The van der Waals surface area contributed by atoms with Crippen molar-refractivity contribution in [2.24, 2.45) is 5.92 Å². The molecule has 0 radical (unpaired) electrons. The van der Waals surface area contributed by atoms with Gasteiger partial charge in [-0.1, -0.05) is 13.8 Å². The van der Waals surface area contributed by atoms with E-state index in [-0.39, 0.29) is 23.6 Å². The first kappa shape index (κ1) is 14.6. The summed E-state index contributed by atoms with van der Waals surface area (Å²) in [4.78, 5) is 26.6. The van der Waals surface area contributed by atoms with Gasteiger partial charge in [0.25, 0.3) is 0 Å². The van der Waals surface area contributed by atoms with E-state index in [1.165, 1.54) is 16.7 Å². The molecule has 18 heavy (non-hydrogen) atoms. The summed E-state index contributed by atoms with van der Waals surface area (Å²) in [5.74, 6) is -1.04. The smallest absolute Gasteiger partial charge is 0.355 e. The van der Waals surface area contributed by atoms with Crippen molar-refractivity contribution < 1.29 is 14.7 Å². The van der Waals surface area contributed by atoms with E-state index in [9.17, 15) is 9.59 Å². The van der Waals surface area contributed by atoms with Gasteiger partial charge < -0.3 is 10.4 Å². The Kier molecular flexibility index (Phi) is 5.27. The molecule has 0 aliphatic heterocycles. The number of carboxylic acids is 1. The Labute approximate surface area is 110 Å². The van der Waals surface area contributed by atoms with Crippen LogP contribution in [0.4, 0.5) is 0 Å². The summed E-state index contributed by atoms with van der Waals surface area (Å²) in [6.07, 6.45) is 1.60. The number of carboxylic acid groups (broad SMARTS) is 1. The molecule has 6 heteroatoms. The molecule has 1 atom stereocenters. The molecule has 1 aromatic rings. The molecule has 100 valence electrons. The van der Waals surface area contributed by atoms with E-state index < -0.39 is 5.97 Å². The molecule has 1 unspecified atom stereocenters. The number of aromatic nitrogens is 1. The average molecular weight is 270 g/mol. The third-order valence-electron chi connectivity index (χ3n) is 2.83. The van der Waals surface area contributed by atoms with Gasteiger partial charge in [-0.3, -0.25) is 4.79 Å². The minimum absolute atomic E-state index is 0.000394. The zero-order valence-corrected chi connectivity index (χ0v) is 11.6. The van der Waals surface area contributed by atoms with E-state index in [1.54, 1.807) is 0 Å². The van der Waals surface area contributed by atoms with Crippen molar-refractivity contribution in [3.8, 4) is 0 Å². The van der Waals surface area contributed by atoms with Crippen LogP contribution in [0, 0.1) is 5.92 Å². The number of hydrogen-bond acceptors (Lipinski definition) is 4. The van der Waals surface area contributed by atoms with Crippen LogP contribution in [0.3, 0.4) is 0 Å². The van der Waals surface area contributed by atoms with Gasteiger partial charge in [0.2, 0.25) is 5.91 Å². The van der Waals surface area contributed by atoms with Crippen LogP contribution in [0.2, 0.25) is 0 Å². The van der Waals surface area contributed by atoms with E-state index in [4.69, 9.17) is 5.11 Å². The Morgan fingerprint density at radius 1 is 1.44 bits per heavy atom. The molecule has 1 rings (SSSR count). The summed E-state index contributed by atoms with van der Waals surface area (Å²) in [5.41, 5.74) is 0.0265. The Morgan fingerprint density at radius 3 is 2.50 bits per heavy atom. The van der Waals surface area contributed by atoms with Crippen LogP contribution in [0.1, 0.15) is 55.2 Å². The Hall–Kier alpha value is -1.43. The lowest BCUT2D eigenvalue weighted by atomic mass is 10.0. The minimum Gasteiger partial charge on any atom is -0.476 e.